The molecule has 5 rings (SSSR count). The zero-order valence-corrected chi connectivity index (χ0v) is 21.4. The van der Waals surface area contributed by atoms with Crippen molar-refractivity contribution in [2.24, 2.45) is 5.73 Å². The smallest absolute Gasteiger partial charge is 0.253 e. The van der Waals surface area contributed by atoms with E-state index in [0.29, 0.717) is 5.69 Å². The van der Waals surface area contributed by atoms with E-state index in [9.17, 15) is 13.2 Å². The molecule has 1 aliphatic rings. The van der Waals surface area contributed by atoms with Crippen molar-refractivity contribution in [1.82, 2.24) is 25.3 Å². The Labute approximate surface area is 214 Å². The average Bonchev–Trinajstić information content (AvgIpc) is 3.26. The molecular weight excluding hydrogens is 490 g/mol. The van der Waals surface area contributed by atoms with Crippen LogP contribution in [0.4, 0.5) is 5.82 Å². The topological polar surface area (TPSA) is 144 Å². The van der Waals surface area contributed by atoms with Crippen molar-refractivity contribution in [1.29, 1.82) is 0 Å². The zero-order chi connectivity index (χ0) is 26.2. The van der Waals surface area contributed by atoms with Crippen LogP contribution in [0.3, 0.4) is 0 Å². The third-order valence-corrected chi connectivity index (χ3v) is 7.37. The van der Waals surface area contributed by atoms with E-state index in [1.807, 2.05) is 36.4 Å². The number of nitrogens with one attached hydrogen (secondary N) is 1. The number of nitrogens with zero attached hydrogens (tertiary/aromatic N) is 5. The van der Waals surface area contributed by atoms with Crippen LogP contribution in [0.1, 0.15) is 29.4 Å². The normalized spacial score (nSPS) is 17.8. The summed E-state index contributed by atoms with van der Waals surface area (Å²) in [6, 6.07) is 12.9. The summed E-state index contributed by atoms with van der Waals surface area (Å²) >= 11 is 0. The second-order valence-electron chi connectivity index (χ2n) is 9.64. The molecule has 11 heteroatoms. The van der Waals surface area contributed by atoms with Crippen molar-refractivity contribution in [3.8, 4) is 11.4 Å². The molecule has 4 aromatic rings. The monoisotopic (exact) mass is 517 g/mol. The van der Waals surface area contributed by atoms with Crippen molar-refractivity contribution in [2.75, 3.05) is 24.2 Å². The number of amides is 1. The molecule has 0 bridgehead atoms. The number of nitrogens with two attached hydrogens (primary N) is 1. The number of fused-ring (bicyclic) bond motifs is 1. The summed E-state index contributed by atoms with van der Waals surface area (Å²) in [6.07, 6.45) is 6.22. The van der Waals surface area contributed by atoms with Gasteiger partial charge in [-0.2, -0.15) is 0 Å². The first kappa shape index (κ1) is 24.7. The maximum absolute atomic E-state index is 12.6. The van der Waals surface area contributed by atoms with Crippen molar-refractivity contribution < 1.29 is 13.2 Å². The van der Waals surface area contributed by atoms with Crippen LogP contribution < -0.4 is 16.0 Å². The molecule has 0 spiro atoms. The highest BCUT2D eigenvalue weighted by Gasteiger charge is 2.30. The summed E-state index contributed by atoms with van der Waals surface area (Å²) in [5.41, 5.74) is 9.05. The Hall–Kier alpha value is -3.96. The Morgan fingerprint density at radius 1 is 1.11 bits per heavy atom. The van der Waals surface area contributed by atoms with E-state index in [1.54, 1.807) is 6.20 Å². The third kappa shape index (κ3) is 5.57. The zero-order valence-electron chi connectivity index (χ0n) is 20.5. The molecule has 1 fully saturated rings. The Morgan fingerprint density at radius 3 is 2.68 bits per heavy atom. The van der Waals surface area contributed by atoms with Crippen LogP contribution in [-0.4, -0.2) is 59.1 Å². The standard InChI is InChI=1S/C26H27N7O3S/c1-26(27)8-9-33(16-26)24-5-3-4-21(32-24)22-7-6-17-13-29-19(11-23(17)31-22)14-30-25(34)18-10-20(15-28-12-18)37(2,35)36/h3-7,10-13,15H,8-9,14,16,27H2,1-2H3,(H,30,34)/t26-/m1/s1. The van der Waals surface area contributed by atoms with Gasteiger partial charge in [-0.1, -0.05) is 6.07 Å². The highest BCUT2D eigenvalue weighted by Crippen LogP contribution is 2.26. The Kier molecular flexibility index (Phi) is 6.34. The van der Waals surface area contributed by atoms with E-state index < -0.39 is 15.7 Å². The SMILES string of the molecule is C[C@@]1(N)CCN(c2cccc(-c3ccc4cnc(CNC(=O)c5cncc(S(C)(=O)=O)c5)cc4n3)n2)C1. The number of anilines is 1. The minimum atomic E-state index is -3.47. The molecule has 5 heterocycles. The third-order valence-electron chi connectivity index (χ3n) is 6.29. The molecular formula is C26H27N7O3S. The lowest BCUT2D eigenvalue weighted by Crippen LogP contribution is -2.39. The van der Waals surface area contributed by atoms with Crippen molar-refractivity contribution in [2.45, 2.75) is 30.3 Å². The van der Waals surface area contributed by atoms with Gasteiger partial charge in [-0.3, -0.25) is 14.8 Å². The Balaban J connectivity index is 1.34. The maximum atomic E-state index is 12.6. The van der Waals surface area contributed by atoms with E-state index >= 15 is 0 Å². The summed E-state index contributed by atoms with van der Waals surface area (Å²) in [5, 5.41) is 3.62. The number of carbonyl (C=O) groups is 1. The molecule has 0 aromatic carbocycles. The maximum Gasteiger partial charge on any atom is 0.253 e. The first-order chi connectivity index (χ1) is 17.6. The Bertz CT molecular complexity index is 1610. The van der Waals surface area contributed by atoms with Crippen LogP contribution in [-0.2, 0) is 16.4 Å². The van der Waals surface area contributed by atoms with E-state index in [0.717, 1.165) is 53.9 Å². The Morgan fingerprint density at radius 2 is 1.92 bits per heavy atom. The molecule has 0 aliphatic carbocycles. The quantitative estimate of drug-likeness (QED) is 0.394. The van der Waals surface area contributed by atoms with Crippen LogP contribution in [0, 0.1) is 0 Å². The fourth-order valence-electron chi connectivity index (χ4n) is 4.24. The van der Waals surface area contributed by atoms with Gasteiger partial charge in [-0.15, -0.1) is 0 Å². The lowest BCUT2D eigenvalue weighted by molar-refractivity contribution is 0.0950. The largest absolute Gasteiger partial charge is 0.355 e. The number of pyridine rings is 4. The van der Waals surface area contributed by atoms with Crippen LogP contribution >= 0.6 is 0 Å². The fraction of sp³-hybridized carbons (Fsp3) is 0.269. The number of rotatable bonds is 6. The van der Waals surface area contributed by atoms with Gasteiger partial charge in [0.05, 0.1) is 39.6 Å². The summed E-state index contributed by atoms with van der Waals surface area (Å²) in [6.45, 7) is 3.82. The van der Waals surface area contributed by atoms with Crippen LogP contribution in [0.25, 0.3) is 22.3 Å². The van der Waals surface area contributed by atoms with Gasteiger partial charge >= 0.3 is 0 Å². The second kappa shape index (κ2) is 9.49. The van der Waals surface area contributed by atoms with Gasteiger partial charge in [-0.05, 0) is 49.7 Å². The van der Waals surface area contributed by atoms with Gasteiger partial charge in [0, 0.05) is 48.9 Å². The summed E-state index contributed by atoms with van der Waals surface area (Å²) in [7, 11) is -3.47. The molecule has 1 saturated heterocycles. The summed E-state index contributed by atoms with van der Waals surface area (Å²) < 4.78 is 23.5. The fourth-order valence-corrected chi connectivity index (χ4v) is 4.83. The minimum Gasteiger partial charge on any atom is -0.355 e. The number of hydrogen-bond donors (Lipinski definition) is 2. The molecule has 190 valence electrons. The van der Waals surface area contributed by atoms with Gasteiger partial charge in [0.2, 0.25) is 0 Å². The molecule has 10 nitrogen and oxygen atoms in total. The number of sulfone groups is 1. The predicted molar refractivity (Wildman–Crippen MR) is 141 cm³/mol. The summed E-state index contributed by atoms with van der Waals surface area (Å²) in [4.78, 5) is 32.6. The first-order valence-electron chi connectivity index (χ1n) is 11.8. The summed E-state index contributed by atoms with van der Waals surface area (Å²) in [5.74, 6) is 0.430. The molecule has 0 unspecified atom stereocenters. The van der Waals surface area contributed by atoms with Crippen molar-refractivity contribution >= 4 is 32.5 Å². The molecule has 4 aromatic heterocycles. The van der Waals surface area contributed by atoms with Gasteiger partial charge in [0.15, 0.2) is 9.84 Å². The number of hydrogen-bond acceptors (Lipinski definition) is 9. The predicted octanol–water partition coefficient (Wildman–Crippen LogP) is 2.35. The van der Waals surface area contributed by atoms with E-state index in [2.05, 4.69) is 27.1 Å². The first-order valence-corrected chi connectivity index (χ1v) is 13.7. The van der Waals surface area contributed by atoms with E-state index in [4.69, 9.17) is 15.7 Å². The molecule has 3 N–H and O–H groups in total. The molecule has 0 radical (unpaired) electrons. The lowest BCUT2D eigenvalue weighted by atomic mass is 10.0. The average molecular weight is 518 g/mol. The van der Waals surface area contributed by atoms with Gasteiger partial charge in [0.25, 0.3) is 5.91 Å². The number of aromatic nitrogens is 4. The van der Waals surface area contributed by atoms with E-state index in [1.165, 1.54) is 18.5 Å². The molecule has 1 amide bonds. The van der Waals surface area contributed by atoms with Crippen LogP contribution in [0.5, 0.6) is 0 Å². The highest BCUT2D eigenvalue weighted by atomic mass is 32.2. The van der Waals surface area contributed by atoms with E-state index in [-0.39, 0.29) is 22.5 Å². The van der Waals surface area contributed by atoms with Crippen molar-refractivity contribution in [3.63, 3.8) is 0 Å². The molecule has 1 aliphatic heterocycles. The lowest BCUT2D eigenvalue weighted by Gasteiger charge is -2.21. The molecule has 0 saturated carbocycles. The highest BCUT2D eigenvalue weighted by molar-refractivity contribution is 7.90. The van der Waals surface area contributed by atoms with Crippen LogP contribution in [0.2, 0.25) is 0 Å². The van der Waals surface area contributed by atoms with Crippen molar-refractivity contribution in [3.05, 3.63) is 72.3 Å². The number of carbonyl (C=O) groups excluding carboxylic acids is 1. The van der Waals surface area contributed by atoms with Crippen LogP contribution in [0.15, 0.2) is 66.0 Å². The van der Waals surface area contributed by atoms with Gasteiger partial charge in [-0.25, -0.2) is 18.4 Å². The van der Waals surface area contributed by atoms with Gasteiger partial charge in [0.1, 0.15) is 5.82 Å². The molecule has 37 heavy (non-hydrogen) atoms. The molecule has 1 atom stereocenters. The second-order valence-corrected chi connectivity index (χ2v) is 11.7. The van der Waals surface area contributed by atoms with Gasteiger partial charge < -0.3 is 16.0 Å². The minimum absolute atomic E-state index is 0.0137.